The number of furan rings is 1. The molecule has 0 saturated heterocycles. The molecular weight excluding hydrogens is 174 g/mol. The topological polar surface area (TPSA) is 25.2 Å². The maximum atomic E-state index is 5.72. The van der Waals surface area contributed by atoms with E-state index in [-0.39, 0.29) is 0 Å². The Balaban J connectivity index is 2.05. The van der Waals surface area contributed by atoms with Crippen LogP contribution < -0.4 is 5.32 Å². The molecule has 0 amide bonds. The summed E-state index contributed by atoms with van der Waals surface area (Å²) in [7, 11) is 2.07. The summed E-state index contributed by atoms with van der Waals surface area (Å²) in [4.78, 5) is 0. The molecule has 3 rings (SSSR count). The van der Waals surface area contributed by atoms with Crippen LogP contribution in [0.5, 0.6) is 0 Å². The quantitative estimate of drug-likeness (QED) is 0.738. The molecule has 1 saturated carbocycles. The van der Waals surface area contributed by atoms with Gasteiger partial charge < -0.3 is 9.73 Å². The molecule has 14 heavy (non-hydrogen) atoms. The molecule has 1 heterocycles. The minimum absolute atomic E-state index is 0.545. The molecule has 0 radical (unpaired) electrons. The van der Waals surface area contributed by atoms with Crippen molar-refractivity contribution in [3.63, 3.8) is 0 Å². The lowest BCUT2D eigenvalue weighted by molar-refractivity contribution is 0.291. The van der Waals surface area contributed by atoms with Gasteiger partial charge in [0.1, 0.15) is 11.5 Å². The summed E-state index contributed by atoms with van der Waals surface area (Å²) < 4.78 is 5.72. The van der Waals surface area contributed by atoms with Crippen molar-refractivity contribution in [2.45, 2.75) is 38.6 Å². The van der Waals surface area contributed by atoms with Gasteiger partial charge in [-0.2, -0.15) is 0 Å². The van der Waals surface area contributed by atoms with Crippen molar-refractivity contribution in [3.05, 3.63) is 23.2 Å². The second-order valence-corrected chi connectivity index (χ2v) is 4.82. The standard InChI is InChI=1S/C12H17NO/c1-8-7-9-10(14-8)3-4-12(5-6-12)11(9)13-2/h7,11,13H,3-6H2,1-2H3. The van der Waals surface area contributed by atoms with Gasteiger partial charge in [-0.3, -0.25) is 0 Å². The van der Waals surface area contributed by atoms with Crippen LogP contribution in [-0.2, 0) is 6.42 Å². The average molecular weight is 191 g/mol. The van der Waals surface area contributed by atoms with E-state index in [0.29, 0.717) is 11.5 Å². The van der Waals surface area contributed by atoms with Crippen LogP contribution in [0.3, 0.4) is 0 Å². The monoisotopic (exact) mass is 191 g/mol. The van der Waals surface area contributed by atoms with Crippen molar-refractivity contribution in [1.29, 1.82) is 0 Å². The molecule has 1 spiro atoms. The predicted molar refractivity (Wildman–Crippen MR) is 55.2 cm³/mol. The van der Waals surface area contributed by atoms with Crippen molar-refractivity contribution < 1.29 is 4.42 Å². The summed E-state index contributed by atoms with van der Waals surface area (Å²) in [5.41, 5.74) is 2.01. The van der Waals surface area contributed by atoms with Gasteiger partial charge in [0.25, 0.3) is 0 Å². The Bertz CT molecular complexity index is 362. The maximum absolute atomic E-state index is 5.72. The SMILES string of the molecule is CNC1c2cc(C)oc2CCC12CC2. The van der Waals surface area contributed by atoms with E-state index in [9.17, 15) is 0 Å². The Morgan fingerprint density at radius 2 is 2.21 bits per heavy atom. The first-order chi connectivity index (χ1) is 6.75. The molecule has 1 N–H and O–H groups in total. The Hall–Kier alpha value is -0.760. The number of hydrogen-bond acceptors (Lipinski definition) is 2. The van der Waals surface area contributed by atoms with Gasteiger partial charge in [0.2, 0.25) is 0 Å². The van der Waals surface area contributed by atoms with Crippen molar-refractivity contribution in [3.8, 4) is 0 Å². The Labute approximate surface area is 84.7 Å². The van der Waals surface area contributed by atoms with E-state index in [1.165, 1.54) is 30.6 Å². The highest BCUT2D eigenvalue weighted by Gasteiger charge is 2.52. The summed E-state index contributed by atoms with van der Waals surface area (Å²) in [5.74, 6) is 2.28. The van der Waals surface area contributed by atoms with E-state index in [4.69, 9.17) is 4.42 Å². The molecule has 0 aromatic carbocycles. The lowest BCUT2D eigenvalue weighted by Crippen LogP contribution is -2.30. The molecule has 2 heteroatoms. The molecule has 0 aliphatic heterocycles. The highest BCUT2D eigenvalue weighted by atomic mass is 16.3. The van der Waals surface area contributed by atoms with Crippen LogP contribution in [0.1, 0.15) is 42.4 Å². The third-order valence-corrected chi connectivity index (χ3v) is 3.92. The first kappa shape index (κ1) is 8.54. The van der Waals surface area contributed by atoms with Crippen LogP contribution in [0.4, 0.5) is 0 Å². The molecule has 2 aliphatic carbocycles. The maximum Gasteiger partial charge on any atom is 0.108 e. The van der Waals surface area contributed by atoms with Crippen molar-refractivity contribution in [2.24, 2.45) is 5.41 Å². The normalized spacial score (nSPS) is 27.7. The third-order valence-electron chi connectivity index (χ3n) is 3.92. The lowest BCUT2D eigenvalue weighted by atomic mass is 9.80. The fourth-order valence-corrected chi connectivity index (χ4v) is 3.02. The summed E-state index contributed by atoms with van der Waals surface area (Å²) in [5, 5.41) is 3.47. The van der Waals surface area contributed by atoms with Gasteiger partial charge >= 0.3 is 0 Å². The molecule has 0 bridgehead atoms. The number of rotatable bonds is 1. The predicted octanol–water partition coefficient (Wildman–Crippen LogP) is 2.57. The second kappa shape index (κ2) is 2.63. The fourth-order valence-electron chi connectivity index (χ4n) is 3.02. The van der Waals surface area contributed by atoms with Crippen LogP contribution >= 0.6 is 0 Å². The van der Waals surface area contributed by atoms with E-state index in [0.717, 1.165) is 12.2 Å². The first-order valence-electron chi connectivity index (χ1n) is 5.52. The zero-order valence-electron chi connectivity index (χ0n) is 8.89. The van der Waals surface area contributed by atoms with Gasteiger partial charge in [0, 0.05) is 18.0 Å². The van der Waals surface area contributed by atoms with E-state index in [2.05, 4.69) is 18.4 Å². The summed E-state index contributed by atoms with van der Waals surface area (Å²) >= 11 is 0. The molecule has 1 aromatic rings. The van der Waals surface area contributed by atoms with E-state index in [1.807, 2.05) is 6.92 Å². The number of fused-ring (bicyclic) bond motifs is 1. The lowest BCUT2D eigenvalue weighted by Gasteiger charge is -2.30. The average Bonchev–Trinajstić information content (AvgIpc) is 2.82. The van der Waals surface area contributed by atoms with E-state index in [1.54, 1.807) is 0 Å². The summed E-state index contributed by atoms with van der Waals surface area (Å²) in [6.07, 6.45) is 5.23. The number of aryl methyl sites for hydroxylation is 2. The first-order valence-corrected chi connectivity index (χ1v) is 5.52. The van der Waals surface area contributed by atoms with E-state index >= 15 is 0 Å². The Morgan fingerprint density at radius 3 is 2.86 bits per heavy atom. The molecule has 1 fully saturated rings. The second-order valence-electron chi connectivity index (χ2n) is 4.82. The molecule has 1 atom stereocenters. The van der Waals surface area contributed by atoms with Crippen LogP contribution in [0.15, 0.2) is 10.5 Å². The van der Waals surface area contributed by atoms with Crippen molar-refractivity contribution in [1.82, 2.24) is 5.32 Å². The van der Waals surface area contributed by atoms with Crippen LogP contribution in [-0.4, -0.2) is 7.05 Å². The summed E-state index contributed by atoms with van der Waals surface area (Å²) in [6, 6.07) is 2.76. The Kier molecular flexibility index (Phi) is 1.61. The van der Waals surface area contributed by atoms with E-state index < -0.39 is 0 Å². The van der Waals surface area contributed by atoms with Crippen molar-refractivity contribution in [2.75, 3.05) is 7.05 Å². The minimum atomic E-state index is 0.545. The Morgan fingerprint density at radius 1 is 1.43 bits per heavy atom. The molecule has 1 aromatic heterocycles. The van der Waals surface area contributed by atoms with Gasteiger partial charge in [-0.25, -0.2) is 0 Å². The largest absolute Gasteiger partial charge is 0.466 e. The highest BCUT2D eigenvalue weighted by molar-refractivity contribution is 5.32. The van der Waals surface area contributed by atoms with Gasteiger partial charge in [0.05, 0.1) is 0 Å². The van der Waals surface area contributed by atoms with Gasteiger partial charge in [-0.05, 0) is 44.7 Å². The zero-order chi connectivity index (χ0) is 9.76. The molecule has 76 valence electrons. The molecule has 2 nitrogen and oxygen atoms in total. The zero-order valence-corrected chi connectivity index (χ0v) is 8.89. The molecule has 2 aliphatic rings. The third kappa shape index (κ3) is 1.01. The van der Waals surface area contributed by atoms with Crippen LogP contribution in [0.2, 0.25) is 0 Å². The minimum Gasteiger partial charge on any atom is -0.466 e. The van der Waals surface area contributed by atoms with Crippen molar-refractivity contribution >= 4 is 0 Å². The summed E-state index contributed by atoms with van der Waals surface area (Å²) in [6.45, 7) is 2.05. The van der Waals surface area contributed by atoms with Gasteiger partial charge in [0.15, 0.2) is 0 Å². The molecule has 1 unspecified atom stereocenters. The highest BCUT2D eigenvalue weighted by Crippen LogP contribution is 2.60. The smallest absolute Gasteiger partial charge is 0.108 e. The van der Waals surface area contributed by atoms with Gasteiger partial charge in [-0.1, -0.05) is 0 Å². The van der Waals surface area contributed by atoms with Crippen LogP contribution in [0.25, 0.3) is 0 Å². The van der Waals surface area contributed by atoms with Gasteiger partial charge in [-0.15, -0.1) is 0 Å². The number of hydrogen-bond donors (Lipinski definition) is 1. The molecular formula is C12H17NO. The fraction of sp³-hybridized carbons (Fsp3) is 0.667. The van der Waals surface area contributed by atoms with Crippen LogP contribution in [0, 0.1) is 12.3 Å². The number of nitrogens with one attached hydrogen (secondary N) is 1.